The van der Waals surface area contributed by atoms with Crippen LogP contribution in [0.5, 0.6) is 0 Å². The molecule has 0 saturated carbocycles. The van der Waals surface area contributed by atoms with Gasteiger partial charge >= 0.3 is 0 Å². The molecule has 0 spiro atoms. The van der Waals surface area contributed by atoms with Crippen LogP contribution in [-0.4, -0.2) is 24.9 Å². The van der Waals surface area contributed by atoms with Crippen molar-refractivity contribution in [2.45, 2.75) is 0 Å². The number of benzene rings is 5. The van der Waals surface area contributed by atoms with Crippen LogP contribution in [0.4, 0.5) is 0 Å². The Morgan fingerprint density at radius 2 is 1.04 bits per heavy atom. The number of rotatable bonds is 5. The van der Waals surface area contributed by atoms with E-state index in [-0.39, 0.29) is 0 Å². The molecule has 220 valence electrons. The van der Waals surface area contributed by atoms with Crippen molar-refractivity contribution in [1.82, 2.24) is 24.9 Å². The molecule has 0 amide bonds. The summed E-state index contributed by atoms with van der Waals surface area (Å²) in [6, 6.07) is 46.9. The van der Waals surface area contributed by atoms with Crippen molar-refractivity contribution < 1.29 is 4.42 Å². The summed E-state index contributed by atoms with van der Waals surface area (Å²) >= 11 is 0. The smallest absolute Gasteiger partial charge is 0.164 e. The van der Waals surface area contributed by atoms with Gasteiger partial charge in [-0.1, -0.05) is 115 Å². The van der Waals surface area contributed by atoms with Crippen molar-refractivity contribution in [1.29, 1.82) is 0 Å². The minimum absolute atomic E-state index is 0.628. The standard InChI is InChI=1S/C41H25N5O/c1-3-9-28(10-4-1)39-44-40(29-11-5-2-6-12-29)46-41(45-39)30-18-16-26(17-19-30)31-20-21-35-34(25-31)32-22-24-43-37(38(32)47-35)33-15-7-13-27-14-8-23-42-36(27)33/h1-25H. The maximum Gasteiger partial charge on any atom is 0.164 e. The van der Waals surface area contributed by atoms with E-state index in [1.54, 1.807) is 0 Å². The highest BCUT2D eigenvalue weighted by molar-refractivity contribution is 6.11. The van der Waals surface area contributed by atoms with Crippen molar-refractivity contribution in [3.63, 3.8) is 0 Å². The molecule has 0 atom stereocenters. The zero-order valence-electron chi connectivity index (χ0n) is 25.1. The number of nitrogens with zero attached hydrogens (tertiary/aromatic N) is 5. The lowest BCUT2D eigenvalue weighted by atomic mass is 10.0. The predicted octanol–water partition coefficient (Wildman–Crippen LogP) is 10.0. The molecule has 6 heteroatoms. The van der Waals surface area contributed by atoms with Crippen LogP contribution in [0, 0.1) is 0 Å². The SMILES string of the molecule is c1ccc(-c2nc(-c3ccccc3)nc(-c3ccc(-c4ccc5oc6c(-c7cccc8cccnc78)nccc6c5c4)cc3)n2)cc1. The first-order chi connectivity index (χ1) is 23.3. The van der Waals surface area contributed by atoms with Gasteiger partial charge in [-0.25, -0.2) is 15.0 Å². The molecule has 0 saturated heterocycles. The summed E-state index contributed by atoms with van der Waals surface area (Å²) in [5, 5.41) is 3.12. The summed E-state index contributed by atoms with van der Waals surface area (Å²) in [7, 11) is 0. The molecule has 47 heavy (non-hydrogen) atoms. The van der Waals surface area contributed by atoms with Crippen molar-refractivity contribution >= 4 is 32.8 Å². The van der Waals surface area contributed by atoms with Crippen LogP contribution < -0.4 is 0 Å². The minimum Gasteiger partial charge on any atom is -0.454 e. The summed E-state index contributed by atoms with van der Waals surface area (Å²) < 4.78 is 6.44. The van der Waals surface area contributed by atoms with Gasteiger partial charge in [0.05, 0.1) is 5.52 Å². The molecule has 4 aromatic heterocycles. The Kier molecular flexibility index (Phi) is 6.35. The van der Waals surface area contributed by atoms with Crippen LogP contribution in [0.3, 0.4) is 0 Å². The molecule has 0 aliphatic rings. The van der Waals surface area contributed by atoms with E-state index in [0.29, 0.717) is 17.5 Å². The van der Waals surface area contributed by atoms with Gasteiger partial charge in [-0.05, 0) is 35.4 Å². The molecule has 0 N–H and O–H groups in total. The number of aromatic nitrogens is 5. The van der Waals surface area contributed by atoms with Crippen LogP contribution in [0.15, 0.2) is 156 Å². The largest absolute Gasteiger partial charge is 0.454 e. The fraction of sp³-hybridized carbons (Fsp3) is 0. The number of pyridine rings is 2. The quantitative estimate of drug-likeness (QED) is 0.195. The van der Waals surface area contributed by atoms with Crippen LogP contribution in [0.1, 0.15) is 0 Å². The van der Waals surface area contributed by atoms with Crippen LogP contribution in [0.25, 0.3) is 89.4 Å². The number of hydrogen-bond acceptors (Lipinski definition) is 6. The lowest BCUT2D eigenvalue weighted by Crippen LogP contribution is -2.00. The van der Waals surface area contributed by atoms with Crippen molar-refractivity contribution in [2.24, 2.45) is 0 Å². The van der Waals surface area contributed by atoms with Crippen molar-refractivity contribution in [2.75, 3.05) is 0 Å². The summed E-state index contributed by atoms with van der Waals surface area (Å²) in [4.78, 5) is 24.0. The molecule has 0 bridgehead atoms. The molecule has 9 aromatic rings. The molecular formula is C41H25N5O. The third-order valence-electron chi connectivity index (χ3n) is 8.45. The second-order valence-electron chi connectivity index (χ2n) is 11.3. The van der Waals surface area contributed by atoms with Gasteiger partial charge in [-0.3, -0.25) is 9.97 Å². The summed E-state index contributed by atoms with van der Waals surface area (Å²) in [6.45, 7) is 0. The molecule has 5 aromatic carbocycles. The third kappa shape index (κ3) is 4.80. The van der Waals surface area contributed by atoms with Gasteiger partial charge in [0, 0.05) is 50.8 Å². The summed E-state index contributed by atoms with van der Waals surface area (Å²) in [5.41, 5.74) is 9.19. The average molecular weight is 604 g/mol. The van der Waals surface area contributed by atoms with Crippen LogP contribution in [0.2, 0.25) is 0 Å². The van der Waals surface area contributed by atoms with Gasteiger partial charge in [-0.15, -0.1) is 0 Å². The third-order valence-corrected chi connectivity index (χ3v) is 8.45. The van der Waals surface area contributed by atoms with Gasteiger partial charge in [0.25, 0.3) is 0 Å². The summed E-state index contributed by atoms with van der Waals surface area (Å²) in [5.74, 6) is 1.91. The van der Waals surface area contributed by atoms with Crippen LogP contribution >= 0.6 is 0 Å². The highest BCUT2D eigenvalue weighted by Crippen LogP contribution is 2.38. The van der Waals surface area contributed by atoms with E-state index in [2.05, 4.69) is 59.6 Å². The normalized spacial score (nSPS) is 11.4. The van der Waals surface area contributed by atoms with E-state index in [4.69, 9.17) is 24.4 Å². The minimum atomic E-state index is 0.628. The van der Waals surface area contributed by atoms with Gasteiger partial charge in [0.2, 0.25) is 0 Å². The second kappa shape index (κ2) is 11.1. The maximum absolute atomic E-state index is 6.44. The highest BCUT2D eigenvalue weighted by atomic mass is 16.3. The first-order valence-corrected chi connectivity index (χ1v) is 15.4. The number of fused-ring (bicyclic) bond motifs is 4. The Morgan fingerprint density at radius 1 is 0.426 bits per heavy atom. The van der Waals surface area contributed by atoms with Gasteiger partial charge in [0.15, 0.2) is 23.1 Å². The fourth-order valence-corrected chi connectivity index (χ4v) is 6.12. The highest BCUT2D eigenvalue weighted by Gasteiger charge is 2.17. The topological polar surface area (TPSA) is 77.6 Å². The van der Waals surface area contributed by atoms with Crippen molar-refractivity contribution in [3.05, 3.63) is 152 Å². The average Bonchev–Trinajstić information content (AvgIpc) is 3.53. The molecule has 4 heterocycles. The van der Waals surface area contributed by atoms with E-state index in [9.17, 15) is 0 Å². The van der Waals surface area contributed by atoms with Gasteiger partial charge in [-0.2, -0.15) is 0 Å². The Hall–Kier alpha value is -6.53. The van der Waals surface area contributed by atoms with E-state index in [1.807, 2.05) is 97.3 Å². The molecule has 0 aliphatic heterocycles. The monoisotopic (exact) mass is 603 g/mol. The first kappa shape index (κ1) is 26.8. The number of hydrogen-bond donors (Lipinski definition) is 0. The summed E-state index contributed by atoms with van der Waals surface area (Å²) in [6.07, 6.45) is 3.66. The molecule has 6 nitrogen and oxygen atoms in total. The predicted molar refractivity (Wildman–Crippen MR) is 187 cm³/mol. The van der Waals surface area contributed by atoms with E-state index < -0.39 is 0 Å². The number of furan rings is 1. The van der Waals surface area contributed by atoms with Crippen molar-refractivity contribution in [3.8, 4) is 56.5 Å². The Labute approximate surface area is 270 Å². The van der Waals surface area contributed by atoms with E-state index >= 15 is 0 Å². The molecular weight excluding hydrogens is 578 g/mol. The zero-order chi connectivity index (χ0) is 31.2. The van der Waals surface area contributed by atoms with E-state index in [1.165, 1.54) is 0 Å². The molecule has 0 unspecified atom stereocenters. The maximum atomic E-state index is 6.44. The van der Waals surface area contributed by atoms with Crippen LogP contribution in [-0.2, 0) is 0 Å². The fourth-order valence-electron chi connectivity index (χ4n) is 6.12. The van der Waals surface area contributed by atoms with Gasteiger partial charge < -0.3 is 4.42 Å². The van der Waals surface area contributed by atoms with E-state index in [0.717, 1.165) is 71.9 Å². The lowest BCUT2D eigenvalue weighted by molar-refractivity contribution is 0.668. The Morgan fingerprint density at radius 3 is 1.74 bits per heavy atom. The second-order valence-corrected chi connectivity index (χ2v) is 11.3. The molecule has 0 radical (unpaired) electrons. The zero-order valence-corrected chi connectivity index (χ0v) is 25.1. The molecule has 9 rings (SSSR count). The Bertz CT molecular complexity index is 2500. The van der Waals surface area contributed by atoms with Gasteiger partial charge in [0.1, 0.15) is 11.3 Å². The molecule has 0 aliphatic carbocycles. The number of para-hydroxylation sites is 1. The first-order valence-electron chi connectivity index (χ1n) is 15.4. The molecule has 0 fully saturated rings. The Balaban J connectivity index is 1.11. The lowest BCUT2D eigenvalue weighted by Gasteiger charge is -2.09.